The zero-order chi connectivity index (χ0) is 22.2. The molecule has 0 spiro atoms. The van der Waals surface area contributed by atoms with Gasteiger partial charge >= 0.3 is 0 Å². The van der Waals surface area contributed by atoms with Gasteiger partial charge in [-0.05, 0) is 42.8 Å². The maximum atomic E-state index is 14.8. The van der Waals surface area contributed by atoms with Crippen LogP contribution in [0.4, 0.5) is 16.0 Å². The van der Waals surface area contributed by atoms with Gasteiger partial charge in [-0.25, -0.2) is 9.37 Å². The second-order valence-electron chi connectivity index (χ2n) is 7.99. The van der Waals surface area contributed by atoms with Crippen LogP contribution in [0.5, 0.6) is 5.75 Å². The van der Waals surface area contributed by atoms with Crippen molar-refractivity contribution in [3.63, 3.8) is 0 Å². The molecule has 4 heterocycles. The molecule has 7 nitrogen and oxygen atoms in total. The summed E-state index contributed by atoms with van der Waals surface area (Å²) in [6.07, 6.45) is 1.54. The number of piperazine rings is 1. The molecule has 0 aliphatic carbocycles. The zero-order valence-corrected chi connectivity index (χ0v) is 18.1. The molecular formula is C24H24FN5O2. The van der Waals surface area contributed by atoms with Crippen LogP contribution < -0.4 is 19.9 Å². The van der Waals surface area contributed by atoms with Crippen LogP contribution in [-0.2, 0) is 6.54 Å². The Morgan fingerprint density at radius 1 is 1.12 bits per heavy atom. The maximum Gasteiger partial charge on any atom is 0.260 e. The van der Waals surface area contributed by atoms with Gasteiger partial charge in [-0.15, -0.1) is 0 Å². The molecule has 2 aliphatic rings. The molecule has 164 valence electrons. The molecule has 1 amide bonds. The van der Waals surface area contributed by atoms with Crippen molar-refractivity contribution >= 4 is 17.5 Å². The van der Waals surface area contributed by atoms with Gasteiger partial charge in [0, 0.05) is 43.5 Å². The molecule has 2 aromatic heterocycles. The lowest BCUT2D eigenvalue weighted by Crippen LogP contribution is -2.44. The van der Waals surface area contributed by atoms with E-state index in [9.17, 15) is 9.18 Å². The van der Waals surface area contributed by atoms with Crippen molar-refractivity contribution in [1.29, 1.82) is 0 Å². The highest BCUT2D eigenvalue weighted by Gasteiger charge is 2.34. The third kappa shape index (κ3) is 3.46. The van der Waals surface area contributed by atoms with Gasteiger partial charge < -0.3 is 15.0 Å². The van der Waals surface area contributed by atoms with Gasteiger partial charge in [0.1, 0.15) is 23.2 Å². The normalized spacial score (nSPS) is 15.8. The smallest absolute Gasteiger partial charge is 0.260 e. The fraction of sp³-hybridized carbons (Fsp3) is 0.292. The molecule has 2 aliphatic heterocycles. The highest BCUT2D eigenvalue weighted by atomic mass is 19.1. The first kappa shape index (κ1) is 20.4. The Labute approximate surface area is 185 Å². The molecule has 0 saturated carbocycles. The van der Waals surface area contributed by atoms with Crippen LogP contribution in [0, 0.1) is 12.7 Å². The molecule has 1 aromatic carbocycles. The number of aryl methyl sites for hydroxylation is 1. The fourth-order valence-electron chi connectivity index (χ4n) is 4.36. The van der Waals surface area contributed by atoms with E-state index in [4.69, 9.17) is 9.72 Å². The summed E-state index contributed by atoms with van der Waals surface area (Å²) in [4.78, 5) is 26.4. The Balaban J connectivity index is 1.55. The summed E-state index contributed by atoms with van der Waals surface area (Å²) in [5.41, 5.74) is 2.89. The predicted octanol–water partition coefficient (Wildman–Crippen LogP) is 3.17. The fourth-order valence-corrected chi connectivity index (χ4v) is 4.36. The van der Waals surface area contributed by atoms with E-state index in [-0.39, 0.29) is 18.0 Å². The number of ether oxygens (including phenoxy) is 1. The first-order valence-electron chi connectivity index (χ1n) is 10.6. The number of pyridine rings is 2. The highest BCUT2D eigenvalue weighted by molar-refractivity contribution is 6.10. The number of hydrogen-bond acceptors (Lipinski definition) is 6. The summed E-state index contributed by atoms with van der Waals surface area (Å²) in [5.74, 6) is 1.23. The lowest BCUT2D eigenvalue weighted by atomic mass is 10.0. The number of nitrogens with one attached hydrogen (secondary N) is 1. The maximum absolute atomic E-state index is 14.8. The lowest BCUT2D eigenvalue weighted by Gasteiger charge is -2.29. The Bertz CT molecular complexity index is 1190. The highest BCUT2D eigenvalue weighted by Crippen LogP contribution is 2.38. The number of anilines is 2. The van der Waals surface area contributed by atoms with Crippen LogP contribution in [0.3, 0.4) is 0 Å². The number of nitrogens with zero attached hydrogens (tertiary/aromatic N) is 4. The summed E-state index contributed by atoms with van der Waals surface area (Å²) in [5, 5.41) is 3.34. The quantitative estimate of drug-likeness (QED) is 0.682. The SMILES string of the molecule is COc1cccc(F)c1-c1nccc2c1CN(c1cc(C)cc(N3CCNCC3)n1)C2=O. The Hall–Kier alpha value is -3.52. The zero-order valence-electron chi connectivity index (χ0n) is 18.1. The van der Waals surface area contributed by atoms with Crippen molar-refractivity contribution in [3.05, 3.63) is 65.1 Å². The second kappa shape index (κ2) is 8.20. The third-order valence-corrected chi connectivity index (χ3v) is 5.94. The Morgan fingerprint density at radius 3 is 2.69 bits per heavy atom. The summed E-state index contributed by atoms with van der Waals surface area (Å²) >= 11 is 0. The van der Waals surface area contributed by atoms with Crippen molar-refractivity contribution in [2.75, 3.05) is 43.1 Å². The van der Waals surface area contributed by atoms with Crippen LogP contribution in [-0.4, -0.2) is 49.2 Å². The van der Waals surface area contributed by atoms with Gasteiger partial charge in [0.15, 0.2) is 0 Å². The van der Waals surface area contributed by atoms with E-state index in [2.05, 4.69) is 15.2 Å². The summed E-state index contributed by atoms with van der Waals surface area (Å²) < 4.78 is 20.2. The molecule has 0 radical (unpaired) electrons. The molecule has 3 aromatic rings. The predicted molar refractivity (Wildman–Crippen MR) is 121 cm³/mol. The molecule has 32 heavy (non-hydrogen) atoms. The standard InChI is InChI=1S/C24H24FN5O2/c1-15-12-20(29-10-8-26-9-11-29)28-21(13-15)30-14-17-16(24(30)31)6-7-27-23(17)22-18(25)4-3-5-19(22)32-2/h3-7,12-13,26H,8-11,14H2,1-2H3. The number of amides is 1. The summed E-state index contributed by atoms with van der Waals surface area (Å²) in [6.45, 7) is 5.81. The van der Waals surface area contributed by atoms with E-state index < -0.39 is 5.82 Å². The van der Waals surface area contributed by atoms with Gasteiger partial charge in [-0.2, -0.15) is 0 Å². The van der Waals surface area contributed by atoms with Crippen LogP contribution in [0.25, 0.3) is 11.3 Å². The van der Waals surface area contributed by atoms with Crippen LogP contribution in [0.2, 0.25) is 0 Å². The average molecular weight is 433 g/mol. The molecule has 1 saturated heterocycles. The number of hydrogen-bond donors (Lipinski definition) is 1. The number of benzene rings is 1. The number of halogens is 1. The Morgan fingerprint density at radius 2 is 1.91 bits per heavy atom. The molecule has 5 rings (SSSR count). The van der Waals surface area contributed by atoms with Crippen molar-refractivity contribution in [3.8, 4) is 17.0 Å². The summed E-state index contributed by atoms with van der Waals surface area (Å²) in [7, 11) is 1.49. The largest absolute Gasteiger partial charge is 0.496 e. The number of methoxy groups -OCH3 is 1. The van der Waals surface area contributed by atoms with Crippen molar-refractivity contribution in [2.45, 2.75) is 13.5 Å². The minimum Gasteiger partial charge on any atom is -0.496 e. The van der Waals surface area contributed by atoms with Gasteiger partial charge in [0.25, 0.3) is 5.91 Å². The first-order chi connectivity index (χ1) is 15.6. The number of carbonyl (C=O) groups excluding carboxylic acids is 1. The lowest BCUT2D eigenvalue weighted by molar-refractivity contribution is 0.0996. The van der Waals surface area contributed by atoms with Gasteiger partial charge in [0.2, 0.25) is 0 Å². The number of rotatable bonds is 4. The van der Waals surface area contributed by atoms with Crippen molar-refractivity contribution < 1.29 is 13.9 Å². The molecule has 0 atom stereocenters. The topological polar surface area (TPSA) is 70.6 Å². The molecule has 8 heteroatoms. The van der Waals surface area contributed by atoms with Gasteiger partial charge in [0.05, 0.1) is 24.9 Å². The van der Waals surface area contributed by atoms with E-state index in [1.165, 1.54) is 19.4 Å². The molecule has 0 bridgehead atoms. The van der Waals surface area contributed by atoms with E-state index in [1.807, 2.05) is 19.1 Å². The number of carbonyl (C=O) groups is 1. The van der Waals surface area contributed by atoms with Gasteiger partial charge in [-0.1, -0.05) is 6.07 Å². The molecule has 0 unspecified atom stereocenters. The van der Waals surface area contributed by atoms with E-state index in [1.54, 1.807) is 23.1 Å². The second-order valence-corrected chi connectivity index (χ2v) is 7.99. The Kier molecular flexibility index (Phi) is 5.22. The molecular weight excluding hydrogens is 409 g/mol. The van der Waals surface area contributed by atoms with E-state index in [0.29, 0.717) is 28.4 Å². The monoisotopic (exact) mass is 433 g/mol. The van der Waals surface area contributed by atoms with Gasteiger partial charge in [-0.3, -0.25) is 14.7 Å². The minimum atomic E-state index is -0.439. The van der Waals surface area contributed by atoms with Crippen LogP contribution in [0.15, 0.2) is 42.6 Å². The third-order valence-electron chi connectivity index (χ3n) is 5.94. The molecule has 1 fully saturated rings. The number of fused-ring (bicyclic) bond motifs is 1. The van der Waals surface area contributed by atoms with Crippen LogP contribution >= 0.6 is 0 Å². The molecule has 1 N–H and O–H groups in total. The minimum absolute atomic E-state index is 0.164. The summed E-state index contributed by atoms with van der Waals surface area (Å²) in [6, 6.07) is 10.3. The van der Waals surface area contributed by atoms with Crippen molar-refractivity contribution in [2.24, 2.45) is 0 Å². The van der Waals surface area contributed by atoms with Crippen molar-refractivity contribution in [1.82, 2.24) is 15.3 Å². The first-order valence-corrected chi connectivity index (χ1v) is 10.6. The number of aromatic nitrogens is 2. The average Bonchev–Trinajstić information content (AvgIpc) is 3.16. The van der Waals surface area contributed by atoms with Crippen LogP contribution in [0.1, 0.15) is 21.5 Å². The van der Waals surface area contributed by atoms with E-state index in [0.717, 1.165) is 37.6 Å². The van der Waals surface area contributed by atoms with E-state index >= 15 is 0 Å².